The summed E-state index contributed by atoms with van der Waals surface area (Å²) >= 11 is 0. The predicted molar refractivity (Wildman–Crippen MR) is 44.7 cm³/mol. The molecule has 0 spiro atoms. The summed E-state index contributed by atoms with van der Waals surface area (Å²) in [5.74, 6) is 0.00665. The van der Waals surface area contributed by atoms with Gasteiger partial charge in [-0.1, -0.05) is 5.16 Å². The topological polar surface area (TPSA) is 88.9 Å². The fraction of sp³-hybridized carbons (Fsp3) is 0. The lowest BCUT2D eigenvalue weighted by molar-refractivity contribution is -0.402. The van der Waals surface area contributed by atoms with Gasteiger partial charge in [0.2, 0.25) is 0 Å². The van der Waals surface area contributed by atoms with Crippen LogP contribution in [0.25, 0.3) is 6.08 Å². The predicted octanol–water partition coefficient (Wildman–Crippen LogP) is 1.66. The first-order chi connectivity index (χ1) is 6.24. The van der Waals surface area contributed by atoms with Crippen molar-refractivity contribution in [3.63, 3.8) is 0 Å². The van der Waals surface area contributed by atoms with Gasteiger partial charge in [0.05, 0.1) is 12.3 Å². The number of allylic oxidation sites excluding steroid dienone is 1. The summed E-state index contributed by atoms with van der Waals surface area (Å²) in [7, 11) is 0. The summed E-state index contributed by atoms with van der Waals surface area (Å²) in [6.45, 7) is 0. The van der Waals surface area contributed by atoms with E-state index in [-0.39, 0.29) is 5.88 Å². The monoisotopic (exact) mass is 182 g/mol. The molecule has 0 atom stereocenters. The molecule has 1 aromatic heterocycles. The van der Waals surface area contributed by atoms with Crippen molar-refractivity contribution in [1.82, 2.24) is 0 Å². The van der Waals surface area contributed by atoms with Gasteiger partial charge in [-0.25, -0.2) is 0 Å². The molecular formula is C7H6N2O4. The lowest BCUT2D eigenvalue weighted by Crippen LogP contribution is -1.82. The number of oxime groups is 1. The summed E-state index contributed by atoms with van der Waals surface area (Å²) in [5.41, 5.74) is 0. The number of hydrogen-bond donors (Lipinski definition) is 1. The van der Waals surface area contributed by atoms with E-state index in [2.05, 4.69) is 5.16 Å². The van der Waals surface area contributed by atoms with Crippen LogP contribution in [0.4, 0.5) is 5.88 Å². The van der Waals surface area contributed by atoms with E-state index in [4.69, 9.17) is 9.62 Å². The average molecular weight is 182 g/mol. The standard InChI is InChI=1S/C7H6N2O4/c10-8-5-1-2-6-3-4-7(13-6)9(11)12/h1-5,10H. The van der Waals surface area contributed by atoms with E-state index in [9.17, 15) is 10.1 Å². The summed E-state index contributed by atoms with van der Waals surface area (Å²) in [6.07, 6.45) is 3.95. The zero-order chi connectivity index (χ0) is 9.68. The van der Waals surface area contributed by atoms with Crippen molar-refractivity contribution in [2.75, 3.05) is 0 Å². The molecule has 1 N–H and O–H groups in total. The highest BCUT2D eigenvalue weighted by molar-refractivity contribution is 5.76. The van der Waals surface area contributed by atoms with Gasteiger partial charge in [0, 0.05) is 0 Å². The van der Waals surface area contributed by atoms with Gasteiger partial charge in [-0.15, -0.1) is 0 Å². The molecule has 0 aliphatic carbocycles. The zero-order valence-corrected chi connectivity index (χ0v) is 6.45. The molecule has 0 radical (unpaired) electrons. The van der Waals surface area contributed by atoms with E-state index in [0.29, 0.717) is 5.76 Å². The molecule has 6 nitrogen and oxygen atoms in total. The van der Waals surface area contributed by atoms with Crippen LogP contribution in [0.15, 0.2) is 27.8 Å². The number of hydrogen-bond acceptors (Lipinski definition) is 5. The van der Waals surface area contributed by atoms with E-state index >= 15 is 0 Å². The van der Waals surface area contributed by atoms with Gasteiger partial charge in [0.1, 0.15) is 10.7 Å². The van der Waals surface area contributed by atoms with Gasteiger partial charge in [-0.2, -0.15) is 0 Å². The average Bonchev–Trinajstić information content (AvgIpc) is 2.53. The van der Waals surface area contributed by atoms with Crippen molar-refractivity contribution in [1.29, 1.82) is 0 Å². The molecule has 0 aliphatic rings. The Morgan fingerprint density at radius 3 is 2.92 bits per heavy atom. The van der Waals surface area contributed by atoms with Crippen LogP contribution in [0.5, 0.6) is 0 Å². The fourth-order valence-electron chi connectivity index (χ4n) is 0.706. The van der Waals surface area contributed by atoms with Gasteiger partial charge >= 0.3 is 5.88 Å². The zero-order valence-electron chi connectivity index (χ0n) is 6.45. The highest BCUT2D eigenvalue weighted by atomic mass is 16.6. The van der Waals surface area contributed by atoms with Gasteiger partial charge in [0.15, 0.2) is 0 Å². The van der Waals surface area contributed by atoms with Gasteiger partial charge in [-0.3, -0.25) is 10.1 Å². The molecular weight excluding hydrogens is 176 g/mol. The Bertz CT molecular complexity index is 353. The van der Waals surface area contributed by atoms with Crippen molar-refractivity contribution in [2.24, 2.45) is 5.16 Å². The van der Waals surface area contributed by atoms with Gasteiger partial charge in [0.25, 0.3) is 0 Å². The lowest BCUT2D eigenvalue weighted by atomic mass is 10.4. The Balaban J connectivity index is 2.74. The van der Waals surface area contributed by atoms with Crippen LogP contribution in [0, 0.1) is 10.1 Å². The third-order valence-corrected chi connectivity index (χ3v) is 1.21. The van der Waals surface area contributed by atoms with Crippen molar-refractivity contribution in [2.45, 2.75) is 0 Å². The Labute approximate surface area is 72.9 Å². The van der Waals surface area contributed by atoms with E-state index in [0.717, 1.165) is 6.21 Å². The highest BCUT2D eigenvalue weighted by Crippen LogP contribution is 2.16. The minimum absolute atomic E-state index is 0.319. The maximum atomic E-state index is 10.2. The van der Waals surface area contributed by atoms with Gasteiger partial charge in [-0.05, 0) is 18.2 Å². The molecule has 0 aromatic carbocycles. The van der Waals surface area contributed by atoms with E-state index in [1.165, 1.54) is 24.3 Å². The first kappa shape index (κ1) is 8.98. The third kappa shape index (κ3) is 2.44. The van der Waals surface area contributed by atoms with Crippen molar-refractivity contribution in [3.05, 3.63) is 34.1 Å². The minimum Gasteiger partial charge on any atom is -0.411 e. The molecule has 13 heavy (non-hydrogen) atoms. The normalized spacial score (nSPS) is 11.4. The molecule has 0 aliphatic heterocycles. The van der Waals surface area contributed by atoms with Crippen LogP contribution < -0.4 is 0 Å². The van der Waals surface area contributed by atoms with Crippen molar-refractivity contribution in [3.8, 4) is 0 Å². The van der Waals surface area contributed by atoms with Crippen LogP contribution in [-0.4, -0.2) is 16.3 Å². The van der Waals surface area contributed by atoms with Crippen LogP contribution in [-0.2, 0) is 0 Å². The second kappa shape index (κ2) is 4.05. The Morgan fingerprint density at radius 2 is 2.38 bits per heavy atom. The quantitative estimate of drug-likeness (QED) is 0.333. The maximum Gasteiger partial charge on any atom is 0.433 e. The Morgan fingerprint density at radius 1 is 1.62 bits per heavy atom. The van der Waals surface area contributed by atoms with E-state index in [1.807, 2.05) is 0 Å². The summed E-state index contributed by atoms with van der Waals surface area (Å²) in [4.78, 5) is 9.54. The number of furan rings is 1. The molecule has 1 heterocycles. The number of nitro groups is 1. The molecule has 0 unspecified atom stereocenters. The second-order valence-electron chi connectivity index (χ2n) is 2.06. The molecule has 6 heteroatoms. The van der Waals surface area contributed by atoms with E-state index < -0.39 is 4.92 Å². The molecule has 0 fully saturated rings. The fourth-order valence-corrected chi connectivity index (χ4v) is 0.706. The third-order valence-electron chi connectivity index (χ3n) is 1.21. The van der Waals surface area contributed by atoms with Crippen molar-refractivity contribution >= 4 is 18.2 Å². The largest absolute Gasteiger partial charge is 0.433 e. The minimum atomic E-state index is -0.628. The summed E-state index contributed by atoms with van der Waals surface area (Å²) in [6, 6.07) is 2.69. The lowest BCUT2D eigenvalue weighted by Gasteiger charge is -1.81. The first-order valence-electron chi connectivity index (χ1n) is 3.32. The second-order valence-corrected chi connectivity index (χ2v) is 2.06. The first-order valence-corrected chi connectivity index (χ1v) is 3.32. The molecule has 68 valence electrons. The summed E-state index contributed by atoms with van der Waals surface area (Å²) < 4.78 is 4.76. The number of rotatable bonds is 3. The van der Waals surface area contributed by atoms with Crippen LogP contribution in [0.3, 0.4) is 0 Å². The molecule has 0 saturated carbocycles. The Kier molecular flexibility index (Phi) is 2.80. The van der Waals surface area contributed by atoms with Crippen LogP contribution >= 0.6 is 0 Å². The SMILES string of the molecule is O=[N+]([O-])c1ccc(C=CC=NO)o1. The molecule has 0 saturated heterocycles. The van der Waals surface area contributed by atoms with Crippen molar-refractivity contribution < 1.29 is 14.5 Å². The summed E-state index contributed by atoms with van der Waals surface area (Å²) in [5, 5.41) is 20.9. The smallest absolute Gasteiger partial charge is 0.411 e. The molecule has 0 amide bonds. The maximum absolute atomic E-state index is 10.2. The van der Waals surface area contributed by atoms with E-state index in [1.54, 1.807) is 0 Å². The van der Waals surface area contributed by atoms with Gasteiger partial charge < -0.3 is 9.62 Å². The number of nitrogens with zero attached hydrogens (tertiary/aromatic N) is 2. The molecule has 1 aromatic rings. The van der Waals surface area contributed by atoms with Crippen LogP contribution in [0.2, 0.25) is 0 Å². The molecule has 0 bridgehead atoms. The Hall–Kier alpha value is -2.11. The highest BCUT2D eigenvalue weighted by Gasteiger charge is 2.09. The molecule has 1 rings (SSSR count). The van der Waals surface area contributed by atoms with Crippen LogP contribution in [0.1, 0.15) is 5.76 Å².